The highest BCUT2D eigenvalue weighted by Crippen LogP contribution is 2.46. The molecule has 0 fully saturated rings. The SMILES string of the molecule is CC(C)(OC(=O)/C=C/C(=O)O)C(C(F)(F)F)C(F)(F)F. The van der Waals surface area contributed by atoms with Crippen LogP contribution in [0.1, 0.15) is 13.8 Å². The highest BCUT2D eigenvalue weighted by atomic mass is 19.4. The monoisotopic (exact) mass is 308 g/mol. The molecule has 0 bridgehead atoms. The van der Waals surface area contributed by atoms with Crippen LogP contribution in [0.25, 0.3) is 0 Å². The number of alkyl halides is 6. The molecule has 0 aromatic rings. The van der Waals surface area contributed by atoms with E-state index in [4.69, 9.17) is 5.11 Å². The number of carbonyl (C=O) groups is 2. The van der Waals surface area contributed by atoms with Gasteiger partial charge < -0.3 is 9.84 Å². The van der Waals surface area contributed by atoms with Crippen LogP contribution in [-0.2, 0) is 14.3 Å². The van der Waals surface area contributed by atoms with Crippen LogP contribution < -0.4 is 0 Å². The van der Waals surface area contributed by atoms with Gasteiger partial charge in [0.15, 0.2) is 5.92 Å². The average Bonchev–Trinajstić information content (AvgIpc) is 2.07. The third kappa shape index (κ3) is 5.49. The van der Waals surface area contributed by atoms with Gasteiger partial charge in [-0.05, 0) is 13.8 Å². The van der Waals surface area contributed by atoms with Crippen LogP contribution in [0.15, 0.2) is 12.2 Å². The molecule has 10 heteroatoms. The number of carbonyl (C=O) groups excluding carboxylic acids is 1. The Labute approximate surface area is 109 Å². The molecule has 0 atom stereocenters. The van der Waals surface area contributed by atoms with Gasteiger partial charge in [-0.25, -0.2) is 9.59 Å². The lowest BCUT2D eigenvalue weighted by Gasteiger charge is -2.35. The first-order chi connectivity index (χ1) is 8.68. The fourth-order valence-corrected chi connectivity index (χ4v) is 1.47. The second-order valence-corrected chi connectivity index (χ2v) is 4.21. The second-order valence-electron chi connectivity index (χ2n) is 4.21. The molecule has 20 heavy (non-hydrogen) atoms. The topological polar surface area (TPSA) is 63.6 Å². The van der Waals surface area contributed by atoms with E-state index in [-0.39, 0.29) is 12.2 Å². The lowest BCUT2D eigenvalue weighted by Crippen LogP contribution is -2.52. The summed E-state index contributed by atoms with van der Waals surface area (Å²) in [5.74, 6) is -7.14. The fraction of sp³-hybridized carbons (Fsp3) is 0.600. The third-order valence-electron chi connectivity index (χ3n) is 2.08. The summed E-state index contributed by atoms with van der Waals surface area (Å²) in [6, 6.07) is 0. The van der Waals surface area contributed by atoms with E-state index in [0.717, 1.165) is 0 Å². The molecule has 116 valence electrons. The molecule has 0 saturated heterocycles. The number of carboxylic acids is 1. The molecule has 0 amide bonds. The smallest absolute Gasteiger partial charge is 0.404 e. The van der Waals surface area contributed by atoms with Gasteiger partial charge >= 0.3 is 24.3 Å². The highest BCUT2D eigenvalue weighted by Gasteiger charge is 2.65. The maximum absolute atomic E-state index is 12.5. The predicted octanol–water partition coefficient (Wildman–Crippen LogP) is 2.69. The summed E-state index contributed by atoms with van der Waals surface area (Å²) < 4.78 is 78.8. The molecular formula is C10H10F6O4. The Bertz CT molecular complexity index is 393. The maximum atomic E-state index is 12.5. The molecule has 0 radical (unpaired) electrons. The van der Waals surface area contributed by atoms with Crippen LogP contribution >= 0.6 is 0 Å². The minimum absolute atomic E-state index is 0.216. The Hall–Kier alpha value is -1.74. The Morgan fingerprint density at radius 3 is 1.70 bits per heavy atom. The van der Waals surface area contributed by atoms with Crippen molar-refractivity contribution in [1.29, 1.82) is 0 Å². The minimum atomic E-state index is -5.68. The van der Waals surface area contributed by atoms with E-state index in [0.29, 0.717) is 13.8 Å². The van der Waals surface area contributed by atoms with Gasteiger partial charge in [0.1, 0.15) is 5.60 Å². The van der Waals surface area contributed by atoms with E-state index in [9.17, 15) is 35.9 Å². The second kappa shape index (κ2) is 5.71. The molecule has 0 heterocycles. The number of hydrogen-bond donors (Lipinski definition) is 1. The lowest BCUT2D eigenvalue weighted by molar-refractivity contribution is -0.322. The number of hydrogen-bond acceptors (Lipinski definition) is 3. The third-order valence-corrected chi connectivity index (χ3v) is 2.08. The molecule has 0 aliphatic rings. The summed E-state index contributed by atoms with van der Waals surface area (Å²) in [6.45, 7) is 0.871. The zero-order valence-corrected chi connectivity index (χ0v) is 10.2. The van der Waals surface area contributed by atoms with E-state index in [2.05, 4.69) is 4.74 Å². The number of aliphatic carboxylic acids is 1. The summed E-state index contributed by atoms with van der Waals surface area (Å²) in [5, 5.41) is 8.17. The summed E-state index contributed by atoms with van der Waals surface area (Å²) >= 11 is 0. The van der Waals surface area contributed by atoms with Crippen LogP contribution in [-0.4, -0.2) is 35.0 Å². The molecule has 4 nitrogen and oxygen atoms in total. The first-order valence-electron chi connectivity index (χ1n) is 4.95. The number of ether oxygens (including phenoxy) is 1. The number of rotatable bonds is 4. The van der Waals surface area contributed by atoms with Crippen molar-refractivity contribution in [3.63, 3.8) is 0 Å². The molecule has 1 N–H and O–H groups in total. The first kappa shape index (κ1) is 18.3. The first-order valence-corrected chi connectivity index (χ1v) is 4.95. The maximum Gasteiger partial charge on any atom is 0.404 e. The van der Waals surface area contributed by atoms with Crippen molar-refractivity contribution in [3.05, 3.63) is 12.2 Å². The summed E-state index contributed by atoms with van der Waals surface area (Å²) in [5.41, 5.74) is -2.95. The fourth-order valence-electron chi connectivity index (χ4n) is 1.47. The number of halogens is 6. The Kier molecular flexibility index (Phi) is 5.22. The van der Waals surface area contributed by atoms with Crippen LogP contribution in [0.4, 0.5) is 26.3 Å². The van der Waals surface area contributed by atoms with Crippen molar-refractivity contribution >= 4 is 11.9 Å². The Morgan fingerprint density at radius 1 is 1.00 bits per heavy atom. The molecule has 0 aliphatic heterocycles. The van der Waals surface area contributed by atoms with E-state index in [1.807, 2.05) is 0 Å². The number of carboxylic acid groups (broad SMARTS) is 1. The molecule has 0 spiro atoms. The van der Waals surface area contributed by atoms with E-state index in [1.54, 1.807) is 0 Å². The normalized spacial score (nSPS) is 13.8. The largest absolute Gasteiger partial charge is 0.478 e. The molecule has 0 rings (SSSR count). The standard InChI is InChI=1S/C10H10F6O4/c1-8(2,20-6(19)4-3-5(17)18)7(9(11,12)13)10(14,15)16/h3-4,7H,1-2H3,(H,17,18)/b4-3+. The summed E-state index contributed by atoms with van der Waals surface area (Å²) in [4.78, 5) is 21.1. The quantitative estimate of drug-likeness (QED) is 0.493. The molecular weight excluding hydrogens is 298 g/mol. The van der Waals surface area contributed by atoms with Gasteiger partial charge in [-0.1, -0.05) is 0 Å². The van der Waals surface area contributed by atoms with Crippen LogP contribution in [0.5, 0.6) is 0 Å². The van der Waals surface area contributed by atoms with Gasteiger partial charge in [0, 0.05) is 12.2 Å². The summed E-state index contributed by atoms with van der Waals surface area (Å²) in [6.07, 6.45) is -10.9. The lowest BCUT2D eigenvalue weighted by atomic mass is 9.89. The molecule has 0 aromatic heterocycles. The molecule has 0 aromatic carbocycles. The van der Waals surface area contributed by atoms with Gasteiger partial charge in [0.2, 0.25) is 0 Å². The van der Waals surface area contributed by atoms with Crippen molar-refractivity contribution in [3.8, 4) is 0 Å². The van der Waals surface area contributed by atoms with E-state index < -0.39 is 35.8 Å². The van der Waals surface area contributed by atoms with Crippen LogP contribution in [0.3, 0.4) is 0 Å². The van der Waals surface area contributed by atoms with Crippen LogP contribution in [0, 0.1) is 5.92 Å². The van der Waals surface area contributed by atoms with Crippen LogP contribution in [0.2, 0.25) is 0 Å². The Balaban J connectivity index is 5.27. The number of esters is 1. The van der Waals surface area contributed by atoms with Crippen molar-refractivity contribution in [2.24, 2.45) is 5.92 Å². The summed E-state index contributed by atoms with van der Waals surface area (Å²) in [7, 11) is 0. The van der Waals surface area contributed by atoms with Crippen molar-refractivity contribution in [1.82, 2.24) is 0 Å². The van der Waals surface area contributed by atoms with Gasteiger partial charge in [0.05, 0.1) is 0 Å². The van der Waals surface area contributed by atoms with E-state index >= 15 is 0 Å². The zero-order chi connectivity index (χ0) is 16.4. The van der Waals surface area contributed by atoms with Gasteiger partial charge in [-0.3, -0.25) is 0 Å². The van der Waals surface area contributed by atoms with E-state index in [1.165, 1.54) is 0 Å². The van der Waals surface area contributed by atoms with Crippen molar-refractivity contribution in [2.45, 2.75) is 31.8 Å². The minimum Gasteiger partial charge on any atom is -0.478 e. The molecule has 0 unspecified atom stereocenters. The van der Waals surface area contributed by atoms with Crippen molar-refractivity contribution < 1.29 is 45.8 Å². The zero-order valence-electron chi connectivity index (χ0n) is 10.2. The average molecular weight is 308 g/mol. The van der Waals surface area contributed by atoms with Gasteiger partial charge in [-0.2, -0.15) is 26.3 Å². The highest BCUT2D eigenvalue weighted by molar-refractivity contribution is 5.90. The molecule has 0 aliphatic carbocycles. The molecule has 0 saturated carbocycles. The van der Waals surface area contributed by atoms with Gasteiger partial charge in [-0.15, -0.1) is 0 Å². The predicted molar refractivity (Wildman–Crippen MR) is 52.5 cm³/mol. The van der Waals surface area contributed by atoms with Crippen molar-refractivity contribution in [2.75, 3.05) is 0 Å². The Morgan fingerprint density at radius 2 is 1.40 bits per heavy atom. The van der Waals surface area contributed by atoms with Gasteiger partial charge in [0.25, 0.3) is 0 Å².